The van der Waals surface area contributed by atoms with Crippen LogP contribution in [0.5, 0.6) is 0 Å². The molecule has 1 aromatic carbocycles. The van der Waals surface area contributed by atoms with E-state index >= 15 is 0 Å². The fourth-order valence-corrected chi connectivity index (χ4v) is 1.64. The van der Waals surface area contributed by atoms with Gasteiger partial charge in [0.25, 0.3) is 0 Å². The minimum atomic E-state index is -0.906. The Hall–Kier alpha value is -0.610. The quantitative estimate of drug-likeness (QED) is 0.729. The summed E-state index contributed by atoms with van der Waals surface area (Å²) in [5.74, 6) is 0. The Labute approximate surface area is 94.7 Å². The zero-order chi connectivity index (χ0) is 11.4. The number of benzene rings is 1. The van der Waals surface area contributed by atoms with Crippen molar-refractivity contribution in [2.75, 3.05) is 13.6 Å². The molecule has 0 aromatic heterocycles. The first-order chi connectivity index (χ1) is 7.06. The predicted molar refractivity (Wildman–Crippen MR) is 61.1 cm³/mol. The third-order valence-electron chi connectivity index (χ3n) is 2.34. The highest BCUT2D eigenvalue weighted by atomic mass is 35.5. The summed E-state index contributed by atoms with van der Waals surface area (Å²) in [6.45, 7) is 2.22. The third-order valence-corrected chi connectivity index (χ3v) is 2.57. The Morgan fingerprint density at radius 1 is 1.40 bits per heavy atom. The van der Waals surface area contributed by atoms with Crippen LogP contribution in [0.4, 0.5) is 0 Å². The van der Waals surface area contributed by atoms with Crippen molar-refractivity contribution in [3.05, 3.63) is 34.3 Å². The lowest BCUT2D eigenvalue weighted by molar-refractivity contribution is 0.0199. The van der Waals surface area contributed by atoms with Crippen molar-refractivity contribution in [3.63, 3.8) is 0 Å². The molecule has 1 aromatic rings. The van der Waals surface area contributed by atoms with Crippen LogP contribution in [0.2, 0.25) is 5.02 Å². The van der Waals surface area contributed by atoms with Crippen molar-refractivity contribution in [1.82, 2.24) is 5.32 Å². The van der Waals surface area contributed by atoms with Gasteiger partial charge < -0.3 is 15.5 Å². The molecule has 0 saturated heterocycles. The zero-order valence-electron chi connectivity index (χ0n) is 8.87. The normalized spacial score (nSPS) is 15.0. The first-order valence-electron chi connectivity index (χ1n) is 4.83. The molecular formula is C11H16ClNO2. The van der Waals surface area contributed by atoms with Gasteiger partial charge in [-0.05, 0) is 37.2 Å². The van der Waals surface area contributed by atoms with E-state index in [2.05, 4.69) is 5.32 Å². The van der Waals surface area contributed by atoms with Gasteiger partial charge in [-0.2, -0.15) is 0 Å². The molecule has 2 atom stereocenters. The largest absolute Gasteiger partial charge is 0.389 e. The van der Waals surface area contributed by atoms with E-state index in [0.29, 0.717) is 17.1 Å². The van der Waals surface area contributed by atoms with Gasteiger partial charge in [0.1, 0.15) is 6.10 Å². The van der Waals surface area contributed by atoms with Crippen LogP contribution >= 0.6 is 11.6 Å². The summed E-state index contributed by atoms with van der Waals surface area (Å²) in [6, 6.07) is 5.27. The lowest BCUT2D eigenvalue weighted by Crippen LogP contribution is -2.29. The lowest BCUT2D eigenvalue weighted by atomic mass is 9.99. The van der Waals surface area contributed by atoms with Crippen LogP contribution in [-0.2, 0) is 0 Å². The molecule has 1 rings (SSSR count). The van der Waals surface area contributed by atoms with Crippen LogP contribution < -0.4 is 5.32 Å². The van der Waals surface area contributed by atoms with E-state index in [4.69, 9.17) is 11.6 Å². The molecule has 0 fully saturated rings. The second kappa shape index (κ2) is 5.47. The molecular weight excluding hydrogens is 214 g/mol. The Morgan fingerprint density at radius 2 is 2.07 bits per heavy atom. The predicted octanol–water partition coefficient (Wildman–Crippen LogP) is 1.26. The fourth-order valence-electron chi connectivity index (χ4n) is 1.46. The average molecular weight is 230 g/mol. The SMILES string of the molecule is CNCC(O)C(O)c1cc(Cl)ccc1C. The topological polar surface area (TPSA) is 52.5 Å². The molecule has 15 heavy (non-hydrogen) atoms. The van der Waals surface area contributed by atoms with Crippen LogP contribution in [0.15, 0.2) is 18.2 Å². The summed E-state index contributed by atoms with van der Waals surface area (Å²) in [7, 11) is 1.72. The number of aliphatic hydroxyl groups is 2. The highest BCUT2D eigenvalue weighted by molar-refractivity contribution is 6.30. The number of aryl methyl sites for hydroxylation is 1. The van der Waals surface area contributed by atoms with E-state index in [0.717, 1.165) is 5.56 Å². The van der Waals surface area contributed by atoms with Gasteiger partial charge >= 0.3 is 0 Å². The maximum Gasteiger partial charge on any atom is 0.106 e. The summed E-state index contributed by atoms with van der Waals surface area (Å²) in [4.78, 5) is 0. The first kappa shape index (κ1) is 12.5. The van der Waals surface area contributed by atoms with Crippen LogP contribution in [0.1, 0.15) is 17.2 Å². The molecule has 0 bridgehead atoms. The molecule has 0 amide bonds. The molecule has 0 aliphatic heterocycles. The minimum absolute atomic E-state index is 0.340. The van der Waals surface area contributed by atoms with Gasteiger partial charge in [-0.1, -0.05) is 17.7 Å². The summed E-state index contributed by atoms with van der Waals surface area (Å²) in [5.41, 5.74) is 1.59. The monoisotopic (exact) mass is 229 g/mol. The molecule has 0 radical (unpaired) electrons. The lowest BCUT2D eigenvalue weighted by Gasteiger charge is -2.19. The maximum atomic E-state index is 9.88. The van der Waals surface area contributed by atoms with E-state index in [1.807, 2.05) is 13.0 Å². The van der Waals surface area contributed by atoms with Gasteiger partial charge in [0.05, 0.1) is 6.10 Å². The summed E-state index contributed by atoms with van der Waals surface area (Å²) < 4.78 is 0. The number of nitrogens with one attached hydrogen (secondary N) is 1. The number of likely N-dealkylation sites (N-methyl/N-ethyl adjacent to an activating group) is 1. The van der Waals surface area contributed by atoms with Crippen molar-refractivity contribution in [1.29, 1.82) is 0 Å². The van der Waals surface area contributed by atoms with Crippen LogP contribution in [0.25, 0.3) is 0 Å². The van der Waals surface area contributed by atoms with Gasteiger partial charge in [0.2, 0.25) is 0 Å². The van der Waals surface area contributed by atoms with E-state index in [1.165, 1.54) is 0 Å². The van der Waals surface area contributed by atoms with Crippen LogP contribution in [0, 0.1) is 6.92 Å². The van der Waals surface area contributed by atoms with Gasteiger partial charge in [-0.25, -0.2) is 0 Å². The third kappa shape index (κ3) is 3.18. The number of aliphatic hydroxyl groups excluding tert-OH is 2. The first-order valence-corrected chi connectivity index (χ1v) is 5.21. The minimum Gasteiger partial charge on any atom is -0.389 e. The van der Waals surface area contributed by atoms with E-state index in [-0.39, 0.29) is 0 Å². The number of halogens is 1. The van der Waals surface area contributed by atoms with Crippen molar-refractivity contribution in [2.24, 2.45) is 0 Å². The fraction of sp³-hybridized carbons (Fsp3) is 0.455. The molecule has 2 unspecified atom stereocenters. The smallest absolute Gasteiger partial charge is 0.106 e. The molecule has 3 nitrogen and oxygen atoms in total. The summed E-state index contributed by atoms with van der Waals surface area (Å²) >= 11 is 5.83. The van der Waals surface area contributed by atoms with Crippen LogP contribution in [0.3, 0.4) is 0 Å². The van der Waals surface area contributed by atoms with Crippen molar-refractivity contribution < 1.29 is 10.2 Å². The Bertz CT molecular complexity index is 330. The van der Waals surface area contributed by atoms with Crippen LogP contribution in [-0.4, -0.2) is 29.9 Å². The highest BCUT2D eigenvalue weighted by Crippen LogP contribution is 2.24. The Balaban J connectivity index is 2.89. The van der Waals surface area contributed by atoms with E-state index < -0.39 is 12.2 Å². The summed E-state index contributed by atoms with van der Waals surface area (Å²) in [5, 5.41) is 22.9. The zero-order valence-corrected chi connectivity index (χ0v) is 9.62. The van der Waals surface area contributed by atoms with Gasteiger partial charge in [0, 0.05) is 11.6 Å². The number of hydrogen-bond acceptors (Lipinski definition) is 3. The van der Waals surface area contributed by atoms with Gasteiger partial charge in [-0.3, -0.25) is 0 Å². The maximum absolute atomic E-state index is 9.88. The van der Waals surface area contributed by atoms with E-state index in [9.17, 15) is 10.2 Å². The van der Waals surface area contributed by atoms with Gasteiger partial charge in [0.15, 0.2) is 0 Å². The number of rotatable bonds is 4. The molecule has 3 N–H and O–H groups in total. The molecule has 0 aliphatic carbocycles. The van der Waals surface area contributed by atoms with Crippen molar-refractivity contribution in [3.8, 4) is 0 Å². The standard InChI is InChI=1S/C11H16ClNO2/c1-7-3-4-8(12)5-9(7)11(15)10(14)6-13-2/h3-5,10-11,13-15H,6H2,1-2H3. The second-order valence-electron chi connectivity index (χ2n) is 3.57. The second-order valence-corrected chi connectivity index (χ2v) is 4.01. The molecule has 0 spiro atoms. The van der Waals surface area contributed by atoms with E-state index in [1.54, 1.807) is 19.2 Å². The highest BCUT2D eigenvalue weighted by Gasteiger charge is 2.19. The Kier molecular flexibility index (Phi) is 4.54. The van der Waals surface area contributed by atoms with Gasteiger partial charge in [-0.15, -0.1) is 0 Å². The Morgan fingerprint density at radius 3 is 2.67 bits per heavy atom. The van der Waals surface area contributed by atoms with Crippen molar-refractivity contribution in [2.45, 2.75) is 19.1 Å². The average Bonchev–Trinajstić information content (AvgIpc) is 2.21. The molecule has 0 heterocycles. The molecule has 0 aliphatic rings. The molecule has 4 heteroatoms. The molecule has 84 valence electrons. The summed E-state index contributed by atoms with van der Waals surface area (Å²) in [6.07, 6.45) is -1.73. The van der Waals surface area contributed by atoms with Crippen molar-refractivity contribution >= 4 is 11.6 Å². The number of hydrogen-bond donors (Lipinski definition) is 3. The molecule has 0 saturated carbocycles.